The van der Waals surface area contributed by atoms with Crippen LogP contribution in [0.5, 0.6) is 0 Å². The van der Waals surface area contributed by atoms with Gasteiger partial charge in [0.15, 0.2) is 6.10 Å². The summed E-state index contributed by atoms with van der Waals surface area (Å²) in [6, 6.07) is 10.7. The average Bonchev–Trinajstić information content (AvgIpc) is 2.46. The predicted molar refractivity (Wildman–Crippen MR) is 75.8 cm³/mol. The van der Waals surface area contributed by atoms with Crippen molar-refractivity contribution in [1.29, 1.82) is 0 Å². The zero-order valence-corrected chi connectivity index (χ0v) is 12.6. The summed E-state index contributed by atoms with van der Waals surface area (Å²) in [7, 11) is 0. The molecule has 0 spiro atoms. The molecule has 0 saturated carbocycles. The van der Waals surface area contributed by atoms with Crippen molar-refractivity contribution in [3.63, 3.8) is 0 Å². The van der Waals surface area contributed by atoms with Crippen molar-refractivity contribution in [2.24, 2.45) is 0 Å². The van der Waals surface area contributed by atoms with Crippen LogP contribution in [0.4, 0.5) is 17.6 Å². The lowest BCUT2D eigenvalue weighted by atomic mass is 10.1. The van der Waals surface area contributed by atoms with Gasteiger partial charge in [-0.25, -0.2) is 4.39 Å². The average molecular weight is 353 g/mol. The van der Waals surface area contributed by atoms with E-state index in [2.05, 4.69) is 4.52 Å². The number of hydrogen-bond donors (Lipinski definition) is 0. The van der Waals surface area contributed by atoms with Gasteiger partial charge in [-0.3, -0.25) is 9.09 Å². The van der Waals surface area contributed by atoms with Gasteiger partial charge in [-0.1, -0.05) is 30.3 Å². The van der Waals surface area contributed by atoms with E-state index in [-0.39, 0.29) is 10.9 Å². The molecule has 0 aliphatic carbocycles. The first-order chi connectivity index (χ1) is 10.2. The van der Waals surface area contributed by atoms with Crippen LogP contribution in [0.2, 0.25) is 0 Å². The van der Waals surface area contributed by atoms with Gasteiger partial charge in [0.1, 0.15) is 5.82 Å². The quantitative estimate of drug-likeness (QED) is 0.558. The summed E-state index contributed by atoms with van der Waals surface area (Å²) in [6.45, 7) is -4.22. The van der Waals surface area contributed by atoms with Crippen LogP contribution < -0.4 is 5.30 Å². The molecule has 2 aromatic carbocycles. The van der Waals surface area contributed by atoms with Gasteiger partial charge in [-0.2, -0.15) is 13.2 Å². The van der Waals surface area contributed by atoms with Crippen LogP contribution in [-0.4, -0.2) is 6.18 Å². The van der Waals surface area contributed by atoms with Gasteiger partial charge in [0.05, 0.1) is 5.30 Å². The van der Waals surface area contributed by atoms with Crippen molar-refractivity contribution < 1.29 is 26.7 Å². The molecule has 0 radical (unpaired) electrons. The Kier molecular flexibility index (Phi) is 4.95. The Bertz CT molecular complexity index is 673. The van der Waals surface area contributed by atoms with Crippen molar-refractivity contribution in [2.75, 3.05) is 0 Å². The lowest BCUT2D eigenvalue weighted by Gasteiger charge is -2.23. The zero-order chi connectivity index (χ0) is 16.4. The predicted octanol–water partition coefficient (Wildman–Crippen LogP) is 5.20. The van der Waals surface area contributed by atoms with Gasteiger partial charge in [0, 0.05) is 0 Å². The fourth-order valence-corrected chi connectivity index (χ4v) is 3.49. The van der Waals surface area contributed by atoms with E-state index in [9.17, 15) is 22.1 Å². The zero-order valence-electron chi connectivity index (χ0n) is 10.9. The summed E-state index contributed by atoms with van der Waals surface area (Å²) in [5.41, 5.74) is -0.384. The Hall–Kier alpha value is -1.36. The molecule has 2 unspecified atom stereocenters. The normalized spacial score (nSPS) is 16.0. The Labute approximate surface area is 128 Å². The molecule has 0 bridgehead atoms. The highest BCUT2D eigenvalue weighted by Crippen LogP contribution is 2.57. The van der Waals surface area contributed by atoms with Crippen LogP contribution in [0.25, 0.3) is 0 Å². The highest BCUT2D eigenvalue weighted by molar-refractivity contribution is 7.91. The highest BCUT2D eigenvalue weighted by atomic mass is 35.7. The van der Waals surface area contributed by atoms with Gasteiger partial charge in [-0.05, 0) is 41.1 Å². The van der Waals surface area contributed by atoms with Crippen LogP contribution in [0.3, 0.4) is 0 Å². The van der Waals surface area contributed by atoms with Gasteiger partial charge >= 0.3 is 12.9 Å². The van der Waals surface area contributed by atoms with Gasteiger partial charge in [0.25, 0.3) is 0 Å². The molecule has 2 aromatic rings. The summed E-state index contributed by atoms with van der Waals surface area (Å²) >= 11 is 5.70. The first kappa shape index (κ1) is 17.0. The van der Waals surface area contributed by atoms with E-state index in [0.29, 0.717) is 0 Å². The van der Waals surface area contributed by atoms with Crippen LogP contribution in [-0.2, 0) is 9.09 Å². The standard InChI is InChI=1S/C14H10ClF4O2P/c15-22(20,12-4-2-1-3-5-12)21-13(14(17,18)19)10-6-8-11(16)9-7-10/h1-9,13H. The molecule has 0 amide bonds. The maximum Gasteiger partial charge on any atom is 0.419 e. The molecule has 0 saturated heterocycles. The molecule has 118 valence electrons. The second-order valence-electron chi connectivity index (χ2n) is 4.39. The molecule has 0 aliphatic heterocycles. The first-order valence-corrected chi connectivity index (χ1v) is 8.59. The summed E-state index contributed by atoms with van der Waals surface area (Å²) in [5.74, 6) is -0.693. The topological polar surface area (TPSA) is 26.3 Å². The fraction of sp³-hybridized carbons (Fsp3) is 0.143. The third-order valence-electron chi connectivity index (χ3n) is 2.78. The lowest BCUT2D eigenvalue weighted by molar-refractivity contribution is -0.196. The highest BCUT2D eigenvalue weighted by Gasteiger charge is 2.46. The third kappa shape index (κ3) is 4.09. The Morgan fingerprint density at radius 1 is 1.00 bits per heavy atom. The molecular formula is C14H10ClF4O2P. The van der Waals surface area contributed by atoms with Crippen LogP contribution in [0.15, 0.2) is 54.6 Å². The van der Waals surface area contributed by atoms with E-state index in [4.69, 9.17) is 11.2 Å². The monoisotopic (exact) mass is 352 g/mol. The fourth-order valence-electron chi connectivity index (χ4n) is 1.75. The molecule has 0 heterocycles. The van der Waals surface area contributed by atoms with E-state index in [1.807, 2.05) is 0 Å². The minimum Gasteiger partial charge on any atom is -0.296 e. The van der Waals surface area contributed by atoms with Crippen LogP contribution in [0, 0.1) is 5.82 Å². The Morgan fingerprint density at radius 3 is 2.05 bits per heavy atom. The molecule has 0 aliphatic rings. The van der Waals surface area contributed by atoms with Crippen molar-refractivity contribution >= 4 is 23.3 Å². The van der Waals surface area contributed by atoms with Gasteiger partial charge < -0.3 is 0 Å². The second-order valence-corrected chi connectivity index (χ2v) is 7.42. The van der Waals surface area contributed by atoms with Crippen molar-refractivity contribution in [3.05, 3.63) is 66.0 Å². The van der Waals surface area contributed by atoms with Gasteiger partial charge in [-0.15, -0.1) is 0 Å². The molecule has 0 N–H and O–H groups in total. The summed E-state index contributed by atoms with van der Waals surface area (Å²) in [4.78, 5) is 0. The van der Waals surface area contributed by atoms with Crippen LogP contribution in [0.1, 0.15) is 11.7 Å². The maximum absolute atomic E-state index is 13.2. The van der Waals surface area contributed by atoms with Crippen molar-refractivity contribution in [2.45, 2.75) is 12.3 Å². The van der Waals surface area contributed by atoms with E-state index < -0.39 is 24.8 Å². The number of halogens is 5. The molecule has 0 fully saturated rings. The summed E-state index contributed by atoms with van der Waals surface area (Å²) < 4.78 is 69.3. The van der Waals surface area contributed by atoms with E-state index in [1.165, 1.54) is 24.3 Å². The molecule has 0 aromatic heterocycles. The Morgan fingerprint density at radius 2 is 1.55 bits per heavy atom. The number of hydrogen-bond acceptors (Lipinski definition) is 2. The molecule has 2 nitrogen and oxygen atoms in total. The number of benzene rings is 2. The Balaban J connectivity index is 2.36. The SMILES string of the molecule is O=P(Cl)(OC(c1ccc(F)cc1)C(F)(F)F)c1ccccc1. The minimum absolute atomic E-state index is 0.0481. The number of alkyl halides is 3. The second kappa shape index (κ2) is 6.41. The van der Waals surface area contributed by atoms with Crippen molar-refractivity contribution in [1.82, 2.24) is 0 Å². The third-order valence-corrected chi connectivity index (χ3v) is 5.00. The smallest absolute Gasteiger partial charge is 0.296 e. The minimum atomic E-state index is -4.85. The van der Waals surface area contributed by atoms with Gasteiger partial charge in [0.2, 0.25) is 0 Å². The molecule has 22 heavy (non-hydrogen) atoms. The first-order valence-electron chi connectivity index (χ1n) is 6.06. The van der Waals surface area contributed by atoms with Crippen LogP contribution >= 0.6 is 18.0 Å². The summed E-state index contributed by atoms with van der Waals surface area (Å²) in [6.07, 6.45) is -7.37. The lowest BCUT2D eigenvalue weighted by Crippen LogP contribution is -2.23. The molecule has 8 heteroatoms. The summed E-state index contributed by atoms with van der Waals surface area (Å²) in [5, 5.41) is -0.0481. The molecular weight excluding hydrogens is 343 g/mol. The maximum atomic E-state index is 13.2. The molecule has 2 atom stereocenters. The van der Waals surface area contributed by atoms with E-state index >= 15 is 0 Å². The van der Waals surface area contributed by atoms with E-state index in [1.54, 1.807) is 6.07 Å². The largest absolute Gasteiger partial charge is 0.419 e. The van der Waals surface area contributed by atoms with E-state index in [0.717, 1.165) is 24.3 Å². The molecule has 2 rings (SSSR count). The number of rotatable bonds is 4. The van der Waals surface area contributed by atoms with Crippen molar-refractivity contribution in [3.8, 4) is 0 Å².